The van der Waals surface area contributed by atoms with Crippen molar-refractivity contribution in [3.8, 4) is 5.75 Å². The Morgan fingerprint density at radius 1 is 1.15 bits per heavy atom. The largest absolute Gasteiger partial charge is 0.494 e. The van der Waals surface area contributed by atoms with Crippen LogP contribution in [0.25, 0.3) is 0 Å². The Morgan fingerprint density at radius 3 is 2.50 bits per heavy atom. The fourth-order valence-corrected chi connectivity index (χ4v) is 2.26. The first-order valence-corrected chi connectivity index (χ1v) is 7.23. The van der Waals surface area contributed by atoms with Gasteiger partial charge in [0, 0.05) is 6.04 Å². The minimum Gasteiger partial charge on any atom is -0.494 e. The van der Waals surface area contributed by atoms with Crippen LogP contribution in [-0.4, -0.2) is 6.61 Å². The Bertz CT molecular complexity index is 566. The lowest BCUT2D eigenvalue weighted by Crippen LogP contribution is -2.07. The van der Waals surface area contributed by atoms with Gasteiger partial charge in [0.15, 0.2) is 0 Å². The average Bonchev–Trinajstić information content (AvgIpc) is 2.44. The van der Waals surface area contributed by atoms with E-state index in [4.69, 9.17) is 16.3 Å². The maximum absolute atomic E-state index is 6.21. The van der Waals surface area contributed by atoms with Gasteiger partial charge in [-0.2, -0.15) is 0 Å². The highest BCUT2D eigenvalue weighted by Gasteiger charge is 2.08. The predicted molar refractivity (Wildman–Crippen MR) is 85.8 cm³/mol. The van der Waals surface area contributed by atoms with Gasteiger partial charge in [-0.3, -0.25) is 0 Å². The third-order valence-corrected chi connectivity index (χ3v) is 3.51. The first kappa shape index (κ1) is 14.7. The van der Waals surface area contributed by atoms with Crippen LogP contribution < -0.4 is 10.1 Å². The average molecular weight is 290 g/mol. The van der Waals surface area contributed by atoms with Gasteiger partial charge in [-0.1, -0.05) is 29.8 Å². The predicted octanol–water partition coefficient (Wildman–Crippen LogP) is 5.22. The minimum absolute atomic E-state index is 0.185. The molecule has 106 valence electrons. The van der Waals surface area contributed by atoms with Crippen LogP contribution in [-0.2, 0) is 0 Å². The van der Waals surface area contributed by atoms with E-state index in [9.17, 15) is 0 Å². The molecule has 0 bridgehead atoms. The molecule has 0 aromatic heterocycles. The van der Waals surface area contributed by atoms with Gasteiger partial charge in [0.05, 0.1) is 17.3 Å². The number of ether oxygens (including phenoxy) is 1. The molecule has 2 nitrogen and oxygen atoms in total. The fraction of sp³-hybridized carbons (Fsp3) is 0.294. The van der Waals surface area contributed by atoms with Crippen molar-refractivity contribution in [1.29, 1.82) is 0 Å². The second kappa shape index (κ2) is 6.67. The molecule has 1 atom stereocenters. The molecular weight excluding hydrogens is 270 g/mol. The maximum Gasteiger partial charge on any atom is 0.119 e. The molecule has 0 heterocycles. The lowest BCUT2D eigenvalue weighted by atomic mass is 10.1. The molecule has 0 aliphatic carbocycles. The van der Waals surface area contributed by atoms with E-state index in [-0.39, 0.29) is 6.04 Å². The second-order valence-corrected chi connectivity index (χ2v) is 5.26. The van der Waals surface area contributed by atoms with Crippen LogP contribution in [0.3, 0.4) is 0 Å². The zero-order valence-electron chi connectivity index (χ0n) is 12.1. The van der Waals surface area contributed by atoms with Crippen LogP contribution in [0.4, 0.5) is 5.69 Å². The van der Waals surface area contributed by atoms with E-state index < -0.39 is 0 Å². The summed E-state index contributed by atoms with van der Waals surface area (Å²) in [5.74, 6) is 0.900. The van der Waals surface area contributed by atoms with Crippen molar-refractivity contribution in [2.45, 2.75) is 26.8 Å². The van der Waals surface area contributed by atoms with Crippen molar-refractivity contribution in [2.75, 3.05) is 11.9 Å². The maximum atomic E-state index is 6.21. The van der Waals surface area contributed by atoms with Gasteiger partial charge in [0.1, 0.15) is 5.75 Å². The van der Waals surface area contributed by atoms with E-state index in [0.29, 0.717) is 6.61 Å². The Kier molecular flexibility index (Phi) is 4.91. The quantitative estimate of drug-likeness (QED) is 0.815. The molecule has 2 rings (SSSR count). The van der Waals surface area contributed by atoms with Crippen LogP contribution >= 0.6 is 11.6 Å². The third kappa shape index (κ3) is 3.67. The molecule has 0 saturated carbocycles. The summed E-state index contributed by atoms with van der Waals surface area (Å²) < 4.78 is 5.45. The Labute approximate surface area is 125 Å². The summed E-state index contributed by atoms with van der Waals surface area (Å²) in [6, 6.07) is 14.3. The van der Waals surface area contributed by atoms with Gasteiger partial charge in [0.2, 0.25) is 0 Å². The molecule has 20 heavy (non-hydrogen) atoms. The highest BCUT2D eigenvalue weighted by atomic mass is 35.5. The molecule has 1 N–H and O–H groups in total. The minimum atomic E-state index is 0.185. The van der Waals surface area contributed by atoms with Crippen LogP contribution in [0.15, 0.2) is 42.5 Å². The number of hydrogen-bond acceptors (Lipinski definition) is 2. The summed E-state index contributed by atoms with van der Waals surface area (Å²) in [4.78, 5) is 0. The fourth-order valence-electron chi connectivity index (χ4n) is 2.09. The number of aryl methyl sites for hydroxylation is 1. The van der Waals surface area contributed by atoms with E-state index in [0.717, 1.165) is 16.5 Å². The molecular formula is C17H20ClNO. The van der Waals surface area contributed by atoms with Gasteiger partial charge in [-0.15, -0.1) is 0 Å². The van der Waals surface area contributed by atoms with E-state index in [1.807, 2.05) is 31.2 Å². The number of anilines is 1. The first-order valence-electron chi connectivity index (χ1n) is 6.85. The highest BCUT2D eigenvalue weighted by Crippen LogP contribution is 2.27. The van der Waals surface area contributed by atoms with Gasteiger partial charge >= 0.3 is 0 Å². The Balaban J connectivity index is 2.11. The molecule has 0 aliphatic heterocycles. The topological polar surface area (TPSA) is 21.3 Å². The van der Waals surface area contributed by atoms with Crippen LogP contribution in [0.1, 0.15) is 31.0 Å². The molecule has 0 radical (unpaired) electrons. The van der Waals surface area contributed by atoms with Crippen LogP contribution in [0.5, 0.6) is 5.75 Å². The SMILES string of the molecule is CCOc1ccc(C(C)Nc2cc(C)ccc2Cl)cc1. The number of benzene rings is 2. The molecule has 0 aliphatic rings. The molecule has 2 aromatic rings. The lowest BCUT2D eigenvalue weighted by Gasteiger charge is -2.17. The normalized spacial score (nSPS) is 12.0. The molecule has 3 heteroatoms. The summed E-state index contributed by atoms with van der Waals surface area (Å²) in [5, 5.41) is 4.19. The molecule has 0 fully saturated rings. The van der Waals surface area contributed by atoms with Crippen molar-refractivity contribution in [3.63, 3.8) is 0 Å². The van der Waals surface area contributed by atoms with Crippen molar-refractivity contribution in [3.05, 3.63) is 58.6 Å². The molecule has 0 spiro atoms. The molecule has 2 aromatic carbocycles. The van der Waals surface area contributed by atoms with Gasteiger partial charge in [0.25, 0.3) is 0 Å². The van der Waals surface area contributed by atoms with Gasteiger partial charge < -0.3 is 10.1 Å². The van der Waals surface area contributed by atoms with Crippen molar-refractivity contribution < 1.29 is 4.74 Å². The Hall–Kier alpha value is -1.67. The van der Waals surface area contributed by atoms with E-state index in [2.05, 4.69) is 37.4 Å². The second-order valence-electron chi connectivity index (χ2n) is 4.85. The standard InChI is InChI=1S/C17H20ClNO/c1-4-20-15-8-6-14(7-9-15)13(3)19-17-11-12(2)5-10-16(17)18/h5-11,13,19H,4H2,1-3H3. The summed E-state index contributed by atoms with van der Waals surface area (Å²) >= 11 is 6.21. The molecule has 0 amide bonds. The zero-order chi connectivity index (χ0) is 14.5. The van der Waals surface area contributed by atoms with Crippen LogP contribution in [0, 0.1) is 6.92 Å². The summed E-state index contributed by atoms with van der Waals surface area (Å²) in [7, 11) is 0. The summed E-state index contributed by atoms with van der Waals surface area (Å²) in [6.45, 7) is 6.85. The lowest BCUT2D eigenvalue weighted by molar-refractivity contribution is 0.340. The summed E-state index contributed by atoms with van der Waals surface area (Å²) in [5.41, 5.74) is 3.36. The van der Waals surface area contributed by atoms with E-state index >= 15 is 0 Å². The zero-order valence-corrected chi connectivity index (χ0v) is 12.9. The van der Waals surface area contributed by atoms with E-state index in [1.165, 1.54) is 11.1 Å². The van der Waals surface area contributed by atoms with Crippen molar-refractivity contribution in [1.82, 2.24) is 0 Å². The number of nitrogens with one attached hydrogen (secondary N) is 1. The van der Waals surface area contributed by atoms with Crippen molar-refractivity contribution in [2.24, 2.45) is 0 Å². The number of rotatable bonds is 5. The monoisotopic (exact) mass is 289 g/mol. The van der Waals surface area contributed by atoms with E-state index in [1.54, 1.807) is 0 Å². The number of hydrogen-bond donors (Lipinski definition) is 1. The smallest absolute Gasteiger partial charge is 0.119 e. The number of halogens is 1. The van der Waals surface area contributed by atoms with Crippen LogP contribution in [0.2, 0.25) is 5.02 Å². The first-order chi connectivity index (χ1) is 9.60. The highest BCUT2D eigenvalue weighted by molar-refractivity contribution is 6.33. The van der Waals surface area contributed by atoms with Gasteiger partial charge in [-0.05, 0) is 56.2 Å². The molecule has 1 unspecified atom stereocenters. The molecule has 0 saturated heterocycles. The van der Waals surface area contributed by atoms with Crippen molar-refractivity contribution >= 4 is 17.3 Å². The van der Waals surface area contributed by atoms with Gasteiger partial charge in [-0.25, -0.2) is 0 Å². The Morgan fingerprint density at radius 2 is 1.85 bits per heavy atom. The summed E-state index contributed by atoms with van der Waals surface area (Å²) in [6.07, 6.45) is 0. The third-order valence-electron chi connectivity index (χ3n) is 3.18.